The summed E-state index contributed by atoms with van der Waals surface area (Å²) in [6.45, 7) is 3.84. The molecule has 3 aromatic rings. The number of anilines is 1. The van der Waals surface area contributed by atoms with Gasteiger partial charge < -0.3 is 24.7 Å². The molecule has 178 valence electrons. The standard InChI is InChI=1S/C25H27ClN4O4/c26-19-13-22-23(34-11-3-10-33-22)14-21(19)28-24(31)16-29-6-8-30(9-7-29)25(32)12-17-15-27-20-5-2-1-4-18(17)20/h1-2,4-5,13-15,27H,3,6-12,16H2,(H,28,31). The van der Waals surface area contributed by atoms with Crippen LogP contribution in [0.2, 0.25) is 5.02 Å². The zero-order chi connectivity index (χ0) is 23.5. The molecule has 2 aromatic carbocycles. The molecule has 1 saturated heterocycles. The van der Waals surface area contributed by atoms with Crippen molar-refractivity contribution in [2.45, 2.75) is 12.8 Å². The summed E-state index contributed by atoms with van der Waals surface area (Å²) in [4.78, 5) is 32.6. The van der Waals surface area contributed by atoms with Gasteiger partial charge in [-0.05, 0) is 11.6 Å². The largest absolute Gasteiger partial charge is 0.490 e. The minimum Gasteiger partial charge on any atom is -0.490 e. The summed E-state index contributed by atoms with van der Waals surface area (Å²) in [5.74, 6) is 1.12. The van der Waals surface area contributed by atoms with E-state index in [2.05, 4.69) is 10.3 Å². The lowest BCUT2D eigenvalue weighted by Crippen LogP contribution is -2.50. The third-order valence-electron chi connectivity index (χ3n) is 6.22. The lowest BCUT2D eigenvalue weighted by atomic mass is 10.1. The molecule has 0 unspecified atom stereocenters. The first-order valence-electron chi connectivity index (χ1n) is 11.5. The van der Waals surface area contributed by atoms with Crippen molar-refractivity contribution in [3.8, 4) is 11.5 Å². The second kappa shape index (κ2) is 9.95. The molecule has 34 heavy (non-hydrogen) atoms. The number of halogens is 1. The molecule has 2 N–H and O–H groups in total. The lowest BCUT2D eigenvalue weighted by Gasteiger charge is -2.34. The highest BCUT2D eigenvalue weighted by molar-refractivity contribution is 6.34. The first kappa shape index (κ1) is 22.6. The van der Waals surface area contributed by atoms with Crippen LogP contribution in [0.25, 0.3) is 10.9 Å². The number of carbonyl (C=O) groups excluding carboxylic acids is 2. The van der Waals surface area contributed by atoms with Crippen molar-refractivity contribution in [2.24, 2.45) is 0 Å². The number of nitrogens with one attached hydrogen (secondary N) is 2. The van der Waals surface area contributed by atoms with E-state index in [4.69, 9.17) is 21.1 Å². The maximum Gasteiger partial charge on any atom is 0.238 e. The Hall–Kier alpha value is -3.23. The van der Waals surface area contributed by atoms with Gasteiger partial charge in [0.15, 0.2) is 11.5 Å². The van der Waals surface area contributed by atoms with Crippen LogP contribution in [0.4, 0.5) is 5.69 Å². The third kappa shape index (κ3) is 4.98. The number of rotatable bonds is 5. The maximum atomic E-state index is 12.8. The molecule has 3 heterocycles. The maximum absolute atomic E-state index is 12.8. The van der Waals surface area contributed by atoms with Crippen molar-refractivity contribution in [2.75, 3.05) is 51.3 Å². The van der Waals surface area contributed by atoms with Gasteiger partial charge in [-0.3, -0.25) is 14.5 Å². The zero-order valence-electron chi connectivity index (χ0n) is 18.8. The number of benzene rings is 2. The van der Waals surface area contributed by atoms with Gasteiger partial charge in [0.2, 0.25) is 11.8 Å². The highest BCUT2D eigenvalue weighted by Gasteiger charge is 2.24. The summed E-state index contributed by atoms with van der Waals surface area (Å²) in [7, 11) is 0. The Balaban J connectivity index is 1.12. The monoisotopic (exact) mass is 482 g/mol. The number of fused-ring (bicyclic) bond motifs is 2. The molecule has 1 aromatic heterocycles. The molecule has 5 rings (SSSR count). The van der Waals surface area contributed by atoms with Crippen LogP contribution in [0.15, 0.2) is 42.6 Å². The SMILES string of the molecule is O=C(CN1CCN(C(=O)Cc2c[nH]c3ccccc23)CC1)Nc1cc2c(cc1Cl)OCCCO2. The van der Waals surface area contributed by atoms with Crippen LogP contribution in [0, 0.1) is 0 Å². The van der Waals surface area contributed by atoms with Gasteiger partial charge in [0.25, 0.3) is 0 Å². The number of nitrogens with zero attached hydrogens (tertiary/aromatic N) is 2. The van der Waals surface area contributed by atoms with Crippen molar-refractivity contribution < 1.29 is 19.1 Å². The van der Waals surface area contributed by atoms with Gasteiger partial charge >= 0.3 is 0 Å². The van der Waals surface area contributed by atoms with Gasteiger partial charge in [-0.2, -0.15) is 0 Å². The Morgan fingerprint density at radius 2 is 1.76 bits per heavy atom. The van der Waals surface area contributed by atoms with Crippen molar-refractivity contribution in [3.63, 3.8) is 0 Å². The topological polar surface area (TPSA) is 86.9 Å². The van der Waals surface area contributed by atoms with Crippen molar-refractivity contribution in [1.29, 1.82) is 0 Å². The van der Waals surface area contributed by atoms with E-state index in [1.807, 2.05) is 40.3 Å². The van der Waals surface area contributed by atoms with E-state index in [0.717, 1.165) is 22.9 Å². The van der Waals surface area contributed by atoms with E-state index in [1.54, 1.807) is 12.1 Å². The van der Waals surface area contributed by atoms with E-state index >= 15 is 0 Å². The fraction of sp³-hybridized carbons (Fsp3) is 0.360. The molecule has 0 radical (unpaired) electrons. The normalized spacial score (nSPS) is 16.3. The first-order chi connectivity index (χ1) is 16.6. The number of aromatic amines is 1. The number of piperazine rings is 1. The van der Waals surface area contributed by atoms with Crippen molar-refractivity contribution in [3.05, 3.63) is 53.2 Å². The molecule has 0 bridgehead atoms. The minimum absolute atomic E-state index is 0.104. The molecule has 1 fully saturated rings. The predicted molar refractivity (Wildman–Crippen MR) is 131 cm³/mol. The van der Waals surface area contributed by atoms with Gasteiger partial charge in [0, 0.05) is 61.8 Å². The summed E-state index contributed by atoms with van der Waals surface area (Å²) >= 11 is 6.34. The van der Waals surface area contributed by atoms with Crippen LogP contribution < -0.4 is 14.8 Å². The van der Waals surface area contributed by atoms with E-state index in [-0.39, 0.29) is 18.4 Å². The number of carbonyl (C=O) groups is 2. The summed E-state index contributed by atoms with van der Waals surface area (Å²) in [6, 6.07) is 11.4. The second-order valence-corrected chi connectivity index (χ2v) is 8.98. The summed E-state index contributed by atoms with van der Waals surface area (Å²) < 4.78 is 11.3. The van der Waals surface area contributed by atoms with Crippen LogP contribution in [0.1, 0.15) is 12.0 Å². The number of hydrogen-bond acceptors (Lipinski definition) is 5. The smallest absolute Gasteiger partial charge is 0.238 e. The fourth-order valence-electron chi connectivity index (χ4n) is 4.38. The number of ether oxygens (including phenoxy) is 2. The van der Waals surface area contributed by atoms with Gasteiger partial charge in [-0.25, -0.2) is 0 Å². The van der Waals surface area contributed by atoms with Crippen LogP contribution in [-0.4, -0.2) is 72.5 Å². The van der Waals surface area contributed by atoms with E-state index in [0.29, 0.717) is 68.0 Å². The van der Waals surface area contributed by atoms with Gasteiger partial charge in [-0.15, -0.1) is 0 Å². The number of H-pyrrole nitrogens is 1. The molecule has 0 saturated carbocycles. The predicted octanol–water partition coefficient (Wildman–Crippen LogP) is 3.31. The molecular weight excluding hydrogens is 456 g/mol. The zero-order valence-corrected chi connectivity index (χ0v) is 19.6. The molecule has 2 aliphatic heterocycles. The van der Waals surface area contributed by atoms with Crippen molar-refractivity contribution >= 4 is 40.0 Å². The summed E-state index contributed by atoms with van der Waals surface area (Å²) in [6.07, 6.45) is 3.07. The van der Waals surface area contributed by atoms with E-state index in [1.165, 1.54) is 0 Å². The Bertz CT molecular complexity index is 1200. The Morgan fingerprint density at radius 3 is 2.56 bits per heavy atom. The molecule has 0 aliphatic carbocycles. The van der Waals surface area contributed by atoms with E-state index in [9.17, 15) is 9.59 Å². The summed E-state index contributed by atoms with van der Waals surface area (Å²) in [5.41, 5.74) is 2.55. The van der Waals surface area contributed by atoms with Crippen LogP contribution in [0.5, 0.6) is 11.5 Å². The molecule has 2 aliphatic rings. The quantitative estimate of drug-likeness (QED) is 0.582. The van der Waals surface area contributed by atoms with Gasteiger partial charge in [0.05, 0.1) is 36.9 Å². The lowest BCUT2D eigenvalue weighted by molar-refractivity contribution is -0.132. The highest BCUT2D eigenvalue weighted by atomic mass is 35.5. The summed E-state index contributed by atoms with van der Waals surface area (Å²) in [5, 5.41) is 4.37. The van der Waals surface area contributed by atoms with Crippen LogP contribution in [0.3, 0.4) is 0 Å². The number of hydrogen-bond donors (Lipinski definition) is 2. The average molecular weight is 483 g/mol. The molecule has 2 amide bonds. The Labute approximate surface area is 202 Å². The molecular formula is C25H27ClN4O4. The second-order valence-electron chi connectivity index (χ2n) is 8.57. The molecule has 0 atom stereocenters. The number of para-hydroxylation sites is 1. The third-order valence-corrected chi connectivity index (χ3v) is 6.53. The Kier molecular flexibility index (Phi) is 6.60. The molecule has 9 heteroatoms. The molecule has 8 nitrogen and oxygen atoms in total. The number of aromatic nitrogens is 1. The average Bonchev–Trinajstić information content (AvgIpc) is 3.10. The first-order valence-corrected chi connectivity index (χ1v) is 11.9. The van der Waals surface area contributed by atoms with Gasteiger partial charge in [-0.1, -0.05) is 29.8 Å². The number of amides is 2. The highest BCUT2D eigenvalue weighted by Crippen LogP contribution is 2.37. The Morgan fingerprint density at radius 1 is 1.03 bits per heavy atom. The minimum atomic E-state index is -0.157. The van der Waals surface area contributed by atoms with Gasteiger partial charge in [0.1, 0.15) is 0 Å². The van der Waals surface area contributed by atoms with Crippen LogP contribution >= 0.6 is 11.6 Å². The van der Waals surface area contributed by atoms with E-state index < -0.39 is 0 Å². The fourth-order valence-corrected chi connectivity index (χ4v) is 4.58. The van der Waals surface area contributed by atoms with Crippen LogP contribution in [-0.2, 0) is 16.0 Å². The van der Waals surface area contributed by atoms with Crippen molar-refractivity contribution in [1.82, 2.24) is 14.8 Å². The molecule has 0 spiro atoms.